The first-order valence-corrected chi connectivity index (χ1v) is 5.43. The first-order valence-electron chi connectivity index (χ1n) is 5.43. The Hall–Kier alpha value is -2.24. The van der Waals surface area contributed by atoms with E-state index in [0.717, 1.165) is 13.2 Å². The van der Waals surface area contributed by atoms with Crippen LogP contribution in [0.1, 0.15) is 12.0 Å². The van der Waals surface area contributed by atoms with E-state index in [1.807, 2.05) is 0 Å². The zero-order chi connectivity index (χ0) is 14.4. The second-order valence-corrected chi connectivity index (χ2v) is 3.78. The van der Waals surface area contributed by atoms with Crippen molar-refractivity contribution in [2.45, 2.75) is 12.8 Å². The summed E-state index contributed by atoms with van der Waals surface area (Å²) in [5.41, 5.74) is 0.404. The average molecular weight is 268 g/mol. The van der Waals surface area contributed by atoms with Crippen LogP contribution in [-0.4, -0.2) is 31.8 Å². The van der Waals surface area contributed by atoms with Crippen LogP contribution in [0.4, 0.5) is 4.39 Å². The summed E-state index contributed by atoms with van der Waals surface area (Å²) in [5.74, 6) is -2.98. The summed E-state index contributed by atoms with van der Waals surface area (Å²) in [5, 5.41) is 0. The molecular weight excluding hydrogens is 255 g/mol. The van der Waals surface area contributed by atoms with Crippen LogP contribution in [0.25, 0.3) is 0 Å². The zero-order valence-electron chi connectivity index (χ0n) is 10.6. The summed E-state index contributed by atoms with van der Waals surface area (Å²) in [6, 6.07) is 4.06. The molecule has 1 rings (SSSR count). The fraction of sp³-hybridized carbons (Fsp3) is 0.308. The average Bonchev–Trinajstić information content (AvgIpc) is 2.37. The van der Waals surface area contributed by atoms with Gasteiger partial charge in [0.25, 0.3) is 0 Å². The van der Waals surface area contributed by atoms with Crippen LogP contribution in [0.5, 0.6) is 5.75 Å². The van der Waals surface area contributed by atoms with E-state index in [4.69, 9.17) is 4.74 Å². The number of hydrogen-bond acceptors (Lipinski definition) is 5. The lowest BCUT2D eigenvalue weighted by Crippen LogP contribution is -2.20. The Balaban J connectivity index is 2.65. The third-order valence-electron chi connectivity index (χ3n) is 2.39. The maximum Gasteiger partial charge on any atom is 0.374 e. The van der Waals surface area contributed by atoms with E-state index in [1.165, 1.54) is 19.2 Å². The molecule has 0 saturated heterocycles. The molecule has 102 valence electrons. The highest BCUT2D eigenvalue weighted by molar-refractivity contribution is 6.37. The van der Waals surface area contributed by atoms with E-state index in [9.17, 15) is 18.8 Å². The van der Waals surface area contributed by atoms with Crippen LogP contribution in [0.2, 0.25) is 0 Å². The predicted molar refractivity (Wildman–Crippen MR) is 63.3 cm³/mol. The van der Waals surface area contributed by atoms with Crippen LogP contribution in [-0.2, 0) is 25.5 Å². The Bertz CT molecular complexity index is 510. The predicted octanol–water partition coefficient (Wildman–Crippen LogP) is 1.08. The van der Waals surface area contributed by atoms with Gasteiger partial charge in [0.15, 0.2) is 11.6 Å². The van der Waals surface area contributed by atoms with Gasteiger partial charge in [0.1, 0.15) is 5.78 Å². The molecule has 0 bridgehead atoms. The number of ketones is 2. The van der Waals surface area contributed by atoms with Crippen LogP contribution in [0, 0.1) is 5.82 Å². The molecular formula is C13H13FO5. The number of ether oxygens (including phenoxy) is 2. The molecule has 0 fully saturated rings. The molecule has 0 spiro atoms. The van der Waals surface area contributed by atoms with E-state index in [0.29, 0.717) is 5.56 Å². The largest absolute Gasteiger partial charge is 0.494 e. The fourth-order valence-electron chi connectivity index (χ4n) is 1.48. The molecule has 0 aliphatic carbocycles. The van der Waals surface area contributed by atoms with Gasteiger partial charge in [0, 0.05) is 6.42 Å². The fourth-order valence-corrected chi connectivity index (χ4v) is 1.48. The summed E-state index contributed by atoms with van der Waals surface area (Å²) in [6.07, 6.45) is -0.691. The van der Waals surface area contributed by atoms with Gasteiger partial charge in [-0.2, -0.15) is 0 Å². The molecule has 0 radical (unpaired) electrons. The monoisotopic (exact) mass is 268 g/mol. The van der Waals surface area contributed by atoms with Gasteiger partial charge in [-0.3, -0.25) is 9.59 Å². The van der Waals surface area contributed by atoms with Crippen molar-refractivity contribution in [2.75, 3.05) is 14.2 Å². The minimum atomic E-state index is -1.06. The van der Waals surface area contributed by atoms with Crippen molar-refractivity contribution >= 4 is 17.5 Å². The number of halogens is 1. The third-order valence-corrected chi connectivity index (χ3v) is 2.39. The Labute approximate surface area is 109 Å². The van der Waals surface area contributed by atoms with Crippen LogP contribution in [0.15, 0.2) is 18.2 Å². The number of Topliss-reactive ketones (excluding diaryl/α,β-unsaturated/α-hetero) is 2. The highest BCUT2D eigenvalue weighted by Crippen LogP contribution is 2.18. The topological polar surface area (TPSA) is 69.7 Å². The van der Waals surface area contributed by atoms with Crippen molar-refractivity contribution in [2.24, 2.45) is 0 Å². The number of rotatable bonds is 6. The van der Waals surface area contributed by atoms with Crippen LogP contribution >= 0.6 is 0 Å². The Morgan fingerprint density at radius 3 is 2.42 bits per heavy atom. The molecule has 19 heavy (non-hydrogen) atoms. The molecule has 0 aliphatic rings. The van der Waals surface area contributed by atoms with Gasteiger partial charge in [-0.05, 0) is 17.7 Å². The van der Waals surface area contributed by atoms with Crippen molar-refractivity contribution < 1.29 is 28.2 Å². The molecule has 1 aromatic carbocycles. The number of carbonyl (C=O) groups excluding carboxylic acids is 3. The van der Waals surface area contributed by atoms with Crippen molar-refractivity contribution in [3.05, 3.63) is 29.6 Å². The lowest BCUT2D eigenvalue weighted by molar-refractivity contribution is -0.152. The quantitative estimate of drug-likeness (QED) is 0.438. The lowest BCUT2D eigenvalue weighted by Gasteiger charge is -2.04. The number of benzene rings is 1. The molecule has 0 atom stereocenters. The number of hydrogen-bond donors (Lipinski definition) is 0. The molecule has 0 unspecified atom stereocenters. The van der Waals surface area contributed by atoms with E-state index in [2.05, 4.69) is 4.74 Å². The maximum atomic E-state index is 13.4. The van der Waals surface area contributed by atoms with E-state index in [-0.39, 0.29) is 12.2 Å². The highest BCUT2D eigenvalue weighted by atomic mass is 19.1. The SMILES string of the molecule is COC(=O)C(=O)CC(=O)Cc1ccc(OC)c(F)c1. The molecule has 0 heterocycles. The van der Waals surface area contributed by atoms with Gasteiger partial charge in [-0.15, -0.1) is 0 Å². The summed E-state index contributed by atoms with van der Waals surface area (Å²) in [7, 11) is 2.39. The van der Waals surface area contributed by atoms with Gasteiger partial charge >= 0.3 is 5.97 Å². The molecule has 0 aliphatic heterocycles. The third kappa shape index (κ3) is 4.17. The summed E-state index contributed by atoms with van der Waals surface area (Å²) < 4.78 is 22.3. The number of esters is 1. The summed E-state index contributed by atoms with van der Waals surface area (Å²) in [4.78, 5) is 33.5. The lowest BCUT2D eigenvalue weighted by atomic mass is 10.0. The molecule has 6 heteroatoms. The standard InChI is InChI=1S/C13H13FO5/c1-18-12-4-3-8(6-10(12)14)5-9(15)7-11(16)13(17)19-2/h3-4,6H,5,7H2,1-2H3. The van der Waals surface area contributed by atoms with Gasteiger partial charge in [0.05, 0.1) is 20.6 Å². The number of methoxy groups -OCH3 is 2. The summed E-state index contributed by atoms with van der Waals surface area (Å²) in [6.45, 7) is 0. The Morgan fingerprint density at radius 1 is 1.21 bits per heavy atom. The molecule has 0 saturated carbocycles. The first-order chi connectivity index (χ1) is 8.97. The van der Waals surface area contributed by atoms with Gasteiger partial charge in [-0.1, -0.05) is 6.07 Å². The van der Waals surface area contributed by atoms with Gasteiger partial charge < -0.3 is 9.47 Å². The smallest absolute Gasteiger partial charge is 0.374 e. The van der Waals surface area contributed by atoms with Crippen molar-refractivity contribution in [3.63, 3.8) is 0 Å². The molecule has 1 aromatic rings. The Morgan fingerprint density at radius 2 is 1.89 bits per heavy atom. The van der Waals surface area contributed by atoms with Crippen molar-refractivity contribution in [1.82, 2.24) is 0 Å². The van der Waals surface area contributed by atoms with Crippen molar-refractivity contribution in [1.29, 1.82) is 0 Å². The van der Waals surface area contributed by atoms with Gasteiger partial charge in [0.2, 0.25) is 5.78 Å². The van der Waals surface area contributed by atoms with E-state index < -0.39 is 29.8 Å². The molecule has 0 amide bonds. The minimum Gasteiger partial charge on any atom is -0.494 e. The second-order valence-electron chi connectivity index (χ2n) is 3.78. The van der Waals surface area contributed by atoms with Gasteiger partial charge in [-0.25, -0.2) is 9.18 Å². The van der Waals surface area contributed by atoms with E-state index >= 15 is 0 Å². The van der Waals surface area contributed by atoms with E-state index in [1.54, 1.807) is 0 Å². The maximum absolute atomic E-state index is 13.4. The first kappa shape index (κ1) is 14.8. The summed E-state index contributed by atoms with van der Waals surface area (Å²) >= 11 is 0. The minimum absolute atomic E-state index is 0.0711. The highest BCUT2D eigenvalue weighted by Gasteiger charge is 2.18. The number of carbonyl (C=O) groups is 3. The van der Waals surface area contributed by atoms with Crippen molar-refractivity contribution in [3.8, 4) is 5.75 Å². The molecule has 5 nitrogen and oxygen atoms in total. The van der Waals surface area contributed by atoms with Crippen LogP contribution < -0.4 is 4.74 Å². The normalized spacial score (nSPS) is 9.84. The van der Waals surface area contributed by atoms with Crippen LogP contribution in [0.3, 0.4) is 0 Å². The Kier molecular flexibility index (Phi) is 5.17. The molecule has 0 N–H and O–H groups in total. The zero-order valence-corrected chi connectivity index (χ0v) is 10.6. The second kappa shape index (κ2) is 6.63. The molecule has 0 aromatic heterocycles.